The van der Waals surface area contributed by atoms with E-state index in [4.69, 9.17) is 15.0 Å². The second kappa shape index (κ2) is 11.1. The topological polar surface area (TPSA) is 95.8 Å². The summed E-state index contributed by atoms with van der Waals surface area (Å²) in [6.07, 6.45) is 6.67. The van der Waals surface area contributed by atoms with Gasteiger partial charge in [0.15, 0.2) is 0 Å². The minimum Gasteiger partial charge on any atom is -0.396 e. The number of aliphatic hydroxyl groups is 1. The molecule has 9 heteroatoms. The number of hydrogen-bond donors (Lipinski definition) is 3. The Morgan fingerprint density at radius 2 is 1.89 bits per heavy atom. The summed E-state index contributed by atoms with van der Waals surface area (Å²) >= 11 is 1.64. The Bertz CT molecular complexity index is 1370. The predicted molar refractivity (Wildman–Crippen MR) is 148 cm³/mol. The Hall–Kier alpha value is -3.17. The number of aromatic nitrogens is 4. The Labute approximate surface area is 220 Å². The van der Waals surface area contributed by atoms with Crippen molar-refractivity contribution in [2.24, 2.45) is 0 Å². The molecule has 1 aromatic carbocycles. The number of rotatable bonds is 11. The minimum atomic E-state index is -0.261. The van der Waals surface area contributed by atoms with E-state index in [1.54, 1.807) is 23.5 Å². The van der Waals surface area contributed by atoms with Gasteiger partial charge in [0, 0.05) is 24.8 Å². The van der Waals surface area contributed by atoms with Gasteiger partial charge in [0.2, 0.25) is 5.95 Å². The van der Waals surface area contributed by atoms with Gasteiger partial charge in [-0.25, -0.2) is 14.4 Å². The molecule has 3 heterocycles. The lowest BCUT2D eigenvalue weighted by Crippen LogP contribution is -2.21. The molecule has 0 radical (unpaired) electrons. The fourth-order valence-corrected chi connectivity index (χ4v) is 5.64. The first-order chi connectivity index (χ1) is 18.0. The lowest BCUT2D eigenvalue weighted by atomic mass is 10.1. The molecule has 0 bridgehead atoms. The number of benzene rings is 1. The first-order valence-electron chi connectivity index (χ1n) is 13.0. The molecule has 3 N–H and O–H groups in total. The van der Waals surface area contributed by atoms with Crippen molar-refractivity contribution in [1.82, 2.24) is 19.9 Å². The van der Waals surface area contributed by atoms with Crippen molar-refractivity contribution in [3.63, 3.8) is 0 Å². The molecule has 0 aliphatic heterocycles. The van der Waals surface area contributed by atoms with Crippen molar-refractivity contribution in [2.75, 3.05) is 17.2 Å². The highest BCUT2D eigenvalue weighted by molar-refractivity contribution is 7.21. The van der Waals surface area contributed by atoms with Crippen LogP contribution in [-0.4, -0.2) is 37.7 Å². The van der Waals surface area contributed by atoms with E-state index in [1.165, 1.54) is 25.0 Å². The van der Waals surface area contributed by atoms with Crippen molar-refractivity contribution >= 4 is 33.3 Å². The molecule has 3 aromatic heterocycles. The highest BCUT2D eigenvalue weighted by Crippen LogP contribution is 2.44. The van der Waals surface area contributed by atoms with Crippen molar-refractivity contribution in [2.45, 2.75) is 70.9 Å². The average molecular weight is 521 g/mol. The number of nitrogens with zero attached hydrogens (tertiary/aromatic N) is 4. The van der Waals surface area contributed by atoms with E-state index in [-0.39, 0.29) is 24.5 Å². The molecule has 7 nitrogen and oxygen atoms in total. The highest BCUT2D eigenvalue weighted by Gasteiger charge is 2.29. The molecule has 1 unspecified atom stereocenters. The third-order valence-electron chi connectivity index (χ3n) is 6.86. The quantitative estimate of drug-likeness (QED) is 0.205. The molecule has 194 valence electrons. The van der Waals surface area contributed by atoms with Gasteiger partial charge in [-0.3, -0.25) is 4.98 Å². The van der Waals surface area contributed by atoms with Gasteiger partial charge in [-0.05, 0) is 69.7 Å². The molecule has 2 atom stereocenters. The maximum absolute atomic E-state index is 13.4. The number of aryl methyl sites for hydroxylation is 1. The van der Waals surface area contributed by atoms with E-state index in [0.717, 1.165) is 62.8 Å². The van der Waals surface area contributed by atoms with Crippen LogP contribution >= 0.6 is 11.3 Å². The van der Waals surface area contributed by atoms with Crippen molar-refractivity contribution in [1.29, 1.82) is 0 Å². The van der Waals surface area contributed by atoms with E-state index >= 15 is 0 Å². The predicted octanol–water partition coefficient (Wildman–Crippen LogP) is 6.61. The summed E-state index contributed by atoms with van der Waals surface area (Å²) in [6.45, 7) is 6.27. The number of fused-ring (bicyclic) bond motifs is 1. The van der Waals surface area contributed by atoms with Crippen LogP contribution in [0.2, 0.25) is 0 Å². The molecule has 1 fully saturated rings. The van der Waals surface area contributed by atoms with Crippen LogP contribution < -0.4 is 10.6 Å². The van der Waals surface area contributed by atoms with E-state index in [0.29, 0.717) is 11.9 Å². The van der Waals surface area contributed by atoms with Crippen LogP contribution in [0.4, 0.5) is 16.2 Å². The van der Waals surface area contributed by atoms with Gasteiger partial charge >= 0.3 is 0 Å². The molecule has 37 heavy (non-hydrogen) atoms. The molecule has 5 rings (SSSR count). The second-order valence-electron chi connectivity index (χ2n) is 9.73. The normalized spacial score (nSPS) is 15.1. The number of pyridine rings is 1. The van der Waals surface area contributed by atoms with Gasteiger partial charge in [-0.1, -0.05) is 19.1 Å². The zero-order chi connectivity index (χ0) is 25.9. The molecule has 1 saturated carbocycles. The van der Waals surface area contributed by atoms with Crippen LogP contribution in [0, 0.1) is 12.7 Å². The van der Waals surface area contributed by atoms with Crippen molar-refractivity contribution in [3.05, 3.63) is 59.3 Å². The second-order valence-corrected chi connectivity index (χ2v) is 10.8. The van der Waals surface area contributed by atoms with Gasteiger partial charge in [0.25, 0.3) is 0 Å². The fraction of sp³-hybridized carbons (Fsp3) is 0.429. The van der Waals surface area contributed by atoms with E-state index in [1.807, 2.05) is 26.1 Å². The van der Waals surface area contributed by atoms with Gasteiger partial charge in [-0.2, -0.15) is 4.98 Å². The number of nitrogens with one attached hydrogen (secondary N) is 2. The number of thiazole rings is 1. The molecule has 0 amide bonds. The number of halogens is 1. The minimum absolute atomic E-state index is 0.107. The SMILES string of the molecule is CCC(CCCO)Nc1nc(N[C@H](C)c2ccc(F)cc2)nc(C)c1-c1nc2c(C3CC3)nccc2s1. The Kier molecular flexibility index (Phi) is 7.62. The Morgan fingerprint density at radius 3 is 2.59 bits per heavy atom. The van der Waals surface area contributed by atoms with Gasteiger partial charge in [0.05, 0.1) is 27.7 Å². The monoisotopic (exact) mass is 520 g/mol. The van der Waals surface area contributed by atoms with E-state index < -0.39 is 0 Å². The summed E-state index contributed by atoms with van der Waals surface area (Å²) in [5.74, 6) is 1.48. The first-order valence-corrected chi connectivity index (χ1v) is 13.8. The average Bonchev–Trinajstić information content (AvgIpc) is 3.64. The molecule has 1 aliphatic carbocycles. The lowest BCUT2D eigenvalue weighted by molar-refractivity contribution is 0.280. The van der Waals surface area contributed by atoms with Crippen molar-refractivity contribution in [3.8, 4) is 10.6 Å². The van der Waals surface area contributed by atoms with Crippen LogP contribution in [0.1, 0.15) is 74.9 Å². The summed E-state index contributed by atoms with van der Waals surface area (Å²) in [5, 5.41) is 17.3. The zero-order valence-electron chi connectivity index (χ0n) is 21.5. The van der Waals surface area contributed by atoms with Crippen LogP contribution in [0.5, 0.6) is 0 Å². The van der Waals surface area contributed by atoms with Gasteiger partial charge in [-0.15, -0.1) is 11.3 Å². The number of anilines is 2. The standard InChI is InChI=1S/C28H33FN6OS/c1-4-21(6-5-15-36)33-26-23(27-34-25-22(37-27)13-14-30-24(25)19-7-8-19)17(3)32-28(35-26)31-16(2)18-9-11-20(29)12-10-18/h9-14,16,19,21,36H,4-8,15H2,1-3H3,(H2,31,32,33,35)/t16-,21?/m1/s1. The van der Waals surface area contributed by atoms with Crippen LogP contribution in [0.3, 0.4) is 0 Å². The van der Waals surface area contributed by atoms with E-state index in [2.05, 4.69) is 22.5 Å². The molecule has 0 saturated heterocycles. The maximum atomic E-state index is 13.4. The van der Waals surface area contributed by atoms with Crippen LogP contribution in [0.15, 0.2) is 36.5 Å². The third-order valence-corrected chi connectivity index (χ3v) is 7.90. The Balaban J connectivity index is 1.53. The summed E-state index contributed by atoms with van der Waals surface area (Å²) in [4.78, 5) is 19.4. The lowest BCUT2D eigenvalue weighted by Gasteiger charge is -2.21. The smallest absolute Gasteiger partial charge is 0.225 e. The summed E-state index contributed by atoms with van der Waals surface area (Å²) in [5.41, 5.74) is 4.74. The highest BCUT2D eigenvalue weighted by atomic mass is 32.1. The molecule has 0 spiro atoms. The summed E-state index contributed by atoms with van der Waals surface area (Å²) < 4.78 is 14.5. The molecular weight excluding hydrogens is 487 g/mol. The van der Waals surface area contributed by atoms with Crippen molar-refractivity contribution < 1.29 is 9.50 Å². The third kappa shape index (κ3) is 5.72. The largest absolute Gasteiger partial charge is 0.396 e. The molecule has 4 aromatic rings. The molecular formula is C28H33FN6OS. The van der Waals surface area contributed by atoms with Crippen LogP contribution in [0.25, 0.3) is 20.8 Å². The summed E-state index contributed by atoms with van der Waals surface area (Å²) in [6, 6.07) is 8.53. The number of aliphatic hydroxyl groups excluding tert-OH is 1. The van der Waals surface area contributed by atoms with Gasteiger partial charge < -0.3 is 15.7 Å². The first kappa shape index (κ1) is 25.5. The van der Waals surface area contributed by atoms with Gasteiger partial charge in [0.1, 0.15) is 22.2 Å². The van der Waals surface area contributed by atoms with Crippen LogP contribution in [-0.2, 0) is 0 Å². The fourth-order valence-electron chi connectivity index (χ4n) is 4.57. The molecule has 1 aliphatic rings. The summed E-state index contributed by atoms with van der Waals surface area (Å²) in [7, 11) is 0. The van der Waals surface area contributed by atoms with E-state index in [9.17, 15) is 9.50 Å². The Morgan fingerprint density at radius 1 is 1.11 bits per heavy atom. The maximum Gasteiger partial charge on any atom is 0.225 e. The zero-order valence-corrected chi connectivity index (χ0v) is 22.3. The number of hydrogen-bond acceptors (Lipinski definition) is 8.